The lowest BCUT2D eigenvalue weighted by atomic mass is 10.0. The molecule has 0 spiro atoms. The maximum absolute atomic E-state index is 13.6. The molecule has 0 unspecified atom stereocenters. The van der Waals surface area contributed by atoms with E-state index >= 15 is 0 Å². The van der Waals surface area contributed by atoms with Crippen LogP contribution in [0.2, 0.25) is 0 Å². The predicted molar refractivity (Wildman–Crippen MR) is 99.7 cm³/mol. The van der Waals surface area contributed by atoms with Gasteiger partial charge in [-0.1, -0.05) is 49.7 Å². The monoisotopic (exact) mass is 355 g/mol. The largest absolute Gasteiger partial charge is 0.272 e. The van der Waals surface area contributed by atoms with E-state index in [1.165, 1.54) is 30.0 Å². The normalized spacial score (nSPS) is 14.8. The lowest BCUT2D eigenvalue weighted by Gasteiger charge is -2.15. The molecule has 0 aromatic heterocycles. The van der Waals surface area contributed by atoms with Crippen LogP contribution in [-0.2, 0) is 9.59 Å². The Kier molecular flexibility index (Phi) is 4.77. The van der Waals surface area contributed by atoms with E-state index in [4.69, 9.17) is 0 Å². The highest BCUT2D eigenvalue weighted by Crippen LogP contribution is 2.39. The van der Waals surface area contributed by atoms with Gasteiger partial charge in [-0.15, -0.1) is 11.8 Å². The molecule has 3 nitrogen and oxygen atoms in total. The highest BCUT2D eigenvalue weighted by atomic mass is 32.2. The first-order valence-corrected chi connectivity index (χ1v) is 8.88. The van der Waals surface area contributed by atoms with Crippen LogP contribution in [0.1, 0.15) is 25.0 Å². The Morgan fingerprint density at radius 2 is 1.68 bits per heavy atom. The van der Waals surface area contributed by atoms with Crippen molar-refractivity contribution >= 4 is 34.8 Å². The van der Waals surface area contributed by atoms with Crippen molar-refractivity contribution in [2.75, 3.05) is 4.90 Å². The highest BCUT2D eigenvalue weighted by Gasteiger charge is 2.40. The first-order chi connectivity index (χ1) is 11.9. The van der Waals surface area contributed by atoms with Gasteiger partial charge in [0.05, 0.1) is 16.2 Å². The summed E-state index contributed by atoms with van der Waals surface area (Å²) in [6.07, 6.45) is 0. The van der Waals surface area contributed by atoms with Crippen molar-refractivity contribution in [2.24, 2.45) is 0 Å². The molecule has 0 aliphatic carbocycles. The van der Waals surface area contributed by atoms with Gasteiger partial charge in [-0.2, -0.15) is 0 Å². The number of rotatable bonds is 4. The van der Waals surface area contributed by atoms with Gasteiger partial charge < -0.3 is 0 Å². The van der Waals surface area contributed by atoms with Gasteiger partial charge in [0.1, 0.15) is 5.82 Å². The Labute approximate surface area is 150 Å². The average molecular weight is 355 g/mol. The van der Waals surface area contributed by atoms with Gasteiger partial charge in [-0.3, -0.25) is 9.59 Å². The molecular formula is C20H18FNO2S. The zero-order chi connectivity index (χ0) is 18.1. The van der Waals surface area contributed by atoms with Crippen LogP contribution in [0.3, 0.4) is 0 Å². The first-order valence-electron chi connectivity index (χ1n) is 8.01. The molecule has 0 radical (unpaired) electrons. The van der Waals surface area contributed by atoms with Crippen molar-refractivity contribution in [3.63, 3.8) is 0 Å². The van der Waals surface area contributed by atoms with Crippen molar-refractivity contribution in [3.8, 4) is 0 Å². The lowest BCUT2D eigenvalue weighted by molar-refractivity contribution is -0.119. The Bertz CT molecular complexity index is 872. The number of carbonyl (C=O) groups is 2. The van der Waals surface area contributed by atoms with E-state index in [0.29, 0.717) is 16.0 Å². The van der Waals surface area contributed by atoms with E-state index in [9.17, 15) is 14.0 Å². The molecule has 0 saturated carbocycles. The van der Waals surface area contributed by atoms with Crippen LogP contribution < -0.4 is 4.90 Å². The molecule has 0 saturated heterocycles. The van der Waals surface area contributed by atoms with Gasteiger partial charge in [0.15, 0.2) is 0 Å². The molecule has 2 amide bonds. The summed E-state index contributed by atoms with van der Waals surface area (Å²) in [4.78, 5) is 27.4. The fraction of sp³-hybridized carbons (Fsp3) is 0.200. The van der Waals surface area contributed by atoms with Gasteiger partial charge in [-0.05, 0) is 30.7 Å². The standard InChI is InChI=1S/C20H18FNO2S/c1-12(2)25-18-17(14-9-7-13(3)8-10-14)19(23)22(20(18)24)16-6-4-5-15(21)11-16/h4-12H,1-3H3. The van der Waals surface area contributed by atoms with Crippen LogP contribution in [0, 0.1) is 12.7 Å². The summed E-state index contributed by atoms with van der Waals surface area (Å²) in [5.41, 5.74) is 2.40. The summed E-state index contributed by atoms with van der Waals surface area (Å²) in [5, 5.41) is 0.139. The molecule has 0 bridgehead atoms. The second-order valence-corrected chi connectivity index (χ2v) is 7.75. The van der Waals surface area contributed by atoms with Gasteiger partial charge in [0.25, 0.3) is 11.8 Å². The predicted octanol–water partition coefficient (Wildman–Crippen LogP) is 4.56. The SMILES string of the molecule is Cc1ccc(C2=C(SC(C)C)C(=O)N(c3cccc(F)c3)C2=O)cc1. The van der Waals surface area contributed by atoms with Crippen molar-refractivity contribution in [2.45, 2.75) is 26.0 Å². The number of anilines is 1. The molecular weight excluding hydrogens is 337 g/mol. The number of amides is 2. The van der Waals surface area contributed by atoms with E-state index in [-0.39, 0.29) is 10.9 Å². The van der Waals surface area contributed by atoms with Crippen molar-refractivity contribution in [1.29, 1.82) is 0 Å². The second-order valence-electron chi connectivity index (χ2n) is 6.16. The molecule has 1 aliphatic heterocycles. The molecule has 5 heteroatoms. The van der Waals surface area contributed by atoms with E-state index in [1.54, 1.807) is 6.07 Å². The smallest absolute Gasteiger partial charge is 0.268 e. The van der Waals surface area contributed by atoms with Gasteiger partial charge in [0, 0.05) is 5.25 Å². The number of halogens is 1. The van der Waals surface area contributed by atoms with Gasteiger partial charge >= 0.3 is 0 Å². The quantitative estimate of drug-likeness (QED) is 0.755. The number of hydrogen-bond acceptors (Lipinski definition) is 3. The van der Waals surface area contributed by atoms with Crippen LogP contribution in [0.15, 0.2) is 53.4 Å². The molecule has 25 heavy (non-hydrogen) atoms. The van der Waals surface area contributed by atoms with Crippen LogP contribution >= 0.6 is 11.8 Å². The molecule has 0 atom stereocenters. The van der Waals surface area contributed by atoms with Crippen molar-refractivity contribution in [1.82, 2.24) is 0 Å². The number of thioether (sulfide) groups is 1. The molecule has 3 rings (SSSR count). The van der Waals surface area contributed by atoms with Crippen LogP contribution in [0.4, 0.5) is 10.1 Å². The molecule has 2 aromatic rings. The Balaban J connectivity index is 2.11. The topological polar surface area (TPSA) is 37.4 Å². The summed E-state index contributed by atoms with van der Waals surface area (Å²) in [6.45, 7) is 5.89. The van der Waals surface area contributed by atoms with Crippen LogP contribution in [0.25, 0.3) is 5.57 Å². The zero-order valence-corrected chi connectivity index (χ0v) is 15.1. The van der Waals surface area contributed by atoms with E-state index in [0.717, 1.165) is 10.5 Å². The summed E-state index contributed by atoms with van der Waals surface area (Å²) in [6, 6.07) is 13.0. The molecule has 2 aromatic carbocycles. The molecule has 1 heterocycles. The number of nitrogens with zero attached hydrogens (tertiary/aromatic N) is 1. The molecule has 0 N–H and O–H groups in total. The fourth-order valence-corrected chi connectivity index (χ4v) is 3.67. The number of aryl methyl sites for hydroxylation is 1. The number of imide groups is 1. The van der Waals surface area contributed by atoms with E-state index in [2.05, 4.69) is 0 Å². The average Bonchev–Trinajstić information content (AvgIpc) is 2.78. The summed E-state index contributed by atoms with van der Waals surface area (Å²) < 4.78 is 13.6. The second kappa shape index (κ2) is 6.84. The minimum atomic E-state index is -0.486. The molecule has 128 valence electrons. The third-order valence-electron chi connectivity index (χ3n) is 3.80. The minimum Gasteiger partial charge on any atom is -0.268 e. The zero-order valence-electron chi connectivity index (χ0n) is 14.2. The van der Waals surface area contributed by atoms with Crippen LogP contribution in [-0.4, -0.2) is 17.1 Å². The summed E-state index contributed by atoms with van der Waals surface area (Å²) in [5.74, 6) is -1.30. The third-order valence-corrected chi connectivity index (χ3v) is 4.89. The maximum atomic E-state index is 13.6. The van der Waals surface area contributed by atoms with Gasteiger partial charge in [0.2, 0.25) is 0 Å². The minimum absolute atomic E-state index is 0.139. The molecule has 0 fully saturated rings. The van der Waals surface area contributed by atoms with Crippen LogP contribution in [0.5, 0.6) is 0 Å². The Morgan fingerprint density at radius 3 is 2.28 bits per heavy atom. The number of carbonyl (C=O) groups excluding carboxylic acids is 2. The highest BCUT2D eigenvalue weighted by molar-refractivity contribution is 8.04. The number of benzene rings is 2. The van der Waals surface area contributed by atoms with Crippen molar-refractivity contribution < 1.29 is 14.0 Å². The first kappa shape index (κ1) is 17.4. The third kappa shape index (κ3) is 3.37. The van der Waals surface area contributed by atoms with E-state index in [1.807, 2.05) is 45.0 Å². The van der Waals surface area contributed by atoms with Gasteiger partial charge in [-0.25, -0.2) is 9.29 Å². The number of hydrogen-bond donors (Lipinski definition) is 0. The van der Waals surface area contributed by atoms with E-state index < -0.39 is 17.6 Å². The summed E-state index contributed by atoms with van der Waals surface area (Å²) >= 11 is 1.36. The Morgan fingerprint density at radius 1 is 1.00 bits per heavy atom. The lowest BCUT2D eigenvalue weighted by Crippen LogP contribution is -2.31. The fourth-order valence-electron chi connectivity index (χ4n) is 2.68. The Hall–Kier alpha value is -2.40. The van der Waals surface area contributed by atoms with Crippen molar-refractivity contribution in [3.05, 3.63) is 70.4 Å². The molecule has 1 aliphatic rings. The summed E-state index contributed by atoms with van der Waals surface area (Å²) in [7, 11) is 0. The maximum Gasteiger partial charge on any atom is 0.272 e.